The zero-order chi connectivity index (χ0) is 12.5. The van der Waals surface area contributed by atoms with Gasteiger partial charge in [0.1, 0.15) is 9.84 Å². The fraction of sp³-hybridized carbons (Fsp3) is 0.727. The van der Waals surface area contributed by atoms with Crippen molar-refractivity contribution in [2.75, 3.05) is 18.1 Å². The van der Waals surface area contributed by atoms with Gasteiger partial charge in [0, 0.05) is 5.69 Å². The molecule has 0 aliphatic carbocycles. The second-order valence-electron chi connectivity index (χ2n) is 4.62. The number of aromatic nitrogens is 2. The van der Waals surface area contributed by atoms with Gasteiger partial charge in [-0.05, 0) is 38.3 Å². The van der Waals surface area contributed by atoms with Gasteiger partial charge in [0.05, 0.1) is 23.7 Å². The van der Waals surface area contributed by atoms with E-state index in [1.807, 2.05) is 17.8 Å². The Labute approximate surface area is 102 Å². The monoisotopic (exact) mass is 257 g/mol. The van der Waals surface area contributed by atoms with Gasteiger partial charge in [-0.3, -0.25) is 4.68 Å². The van der Waals surface area contributed by atoms with Crippen LogP contribution in [0.4, 0.5) is 0 Å². The molecule has 17 heavy (non-hydrogen) atoms. The standard InChI is InChI=1S/C11H19N3O2S/c1-9-10(2-5-12)8-13-14(9)11-3-6-17(15,16)7-4-11/h8,11H,2-7,12H2,1H3. The average molecular weight is 257 g/mol. The Balaban J connectivity index is 2.13. The van der Waals surface area contributed by atoms with Crippen LogP contribution in [0.3, 0.4) is 0 Å². The Hall–Kier alpha value is -0.880. The molecule has 5 nitrogen and oxygen atoms in total. The summed E-state index contributed by atoms with van der Waals surface area (Å²) < 4.78 is 24.7. The highest BCUT2D eigenvalue weighted by Gasteiger charge is 2.26. The maximum atomic E-state index is 11.4. The lowest BCUT2D eigenvalue weighted by atomic mass is 10.1. The topological polar surface area (TPSA) is 78.0 Å². The average Bonchev–Trinajstić information content (AvgIpc) is 2.62. The van der Waals surface area contributed by atoms with Crippen molar-refractivity contribution in [3.63, 3.8) is 0 Å². The second-order valence-corrected chi connectivity index (χ2v) is 6.93. The van der Waals surface area contributed by atoms with Crippen LogP contribution in [0.15, 0.2) is 6.20 Å². The Morgan fingerprint density at radius 1 is 1.47 bits per heavy atom. The summed E-state index contributed by atoms with van der Waals surface area (Å²) in [6, 6.07) is 0.227. The van der Waals surface area contributed by atoms with Gasteiger partial charge < -0.3 is 5.73 Å². The number of sulfone groups is 1. The van der Waals surface area contributed by atoms with E-state index in [2.05, 4.69) is 5.10 Å². The van der Waals surface area contributed by atoms with Crippen molar-refractivity contribution in [2.45, 2.75) is 32.2 Å². The van der Waals surface area contributed by atoms with E-state index in [0.29, 0.717) is 19.4 Å². The van der Waals surface area contributed by atoms with Crippen LogP contribution in [0.25, 0.3) is 0 Å². The molecule has 0 spiro atoms. The molecule has 0 saturated carbocycles. The van der Waals surface area contributed by atoms with Gasteiger partial charge in [0.25, 0.3) is 0 Å². The third-order valence-electron chi connectivity index (χ3n) is 3.43. The number of rotatable bonds is 3. The second kappa shape index (κ2) is 4.78. The molecule has 6 heteroatoms. The quantitative estimate of drug-likeness (QED) is 0.852. The van der Waals surface area contributed by atoms with E-state index in [1.54, 1.807) is 0 Å². The lowest BCUT2D eigenvalue weighted by molar-refractivity contribution is 0.405. The molecular formula is C11H19N3O2S. The molecule has 0 atom stereocenters. The van der Waals surface area contributed by atoms with E-state index in [0.717, 1.165) is 12.1 Å². The highest BCUT2D eigenvalue weighted by molar-refractivity contribution is 7.91. The number of nitrogens with zero attached hydrogens (tertiary/aromatic N) is 2. The Kier molecular flexibility index (Phi) is 3.53. The first kappa shape index (κ1) is 12.6. The van der Waals surface area contributed by atoms with Crippen LogP contribution in [0.5, 0.6) is 0 Å². The van der Waals surface area contributed by atoms with E-state index in [4.69, 9.17) is 5.73 Å². The lowest BCUT2D eigenvalue weighted by Gasteiger charge is -2.23. The summed E-state index contributed by atoms with van der Waals surface area (Å²) in [5.41, 5.74) is 7.83. The summed E-state index contributed by atoms with van der Waals surface area (Å²) in [4.78, 5) is 0. The highest BCUT2D eigenvalue weighted by atomic mass is 32.2. The Morgan fingerprint density at radius 2 is 2.12 bits per heavy atom. The molecule has 96 valence electrons. The molecule has 1 aromatic rings. The summed E-state index contributed by atoms with van der Waals surface area (Å²) in [6.45, 7) is 2.65. The zero-order valence-electron chi connectivity index (χ0n) is 10.1. The minimum atomic E-state index is -2.80. The molecule has 2 heterocycles. The highest BCUT2D eigenvalue weighted by Crippen LogP contribution is 2.25. The molecular weight excluding hydrogens is 238 g/mol. The molecule has 0 radical (unpaired) electrons. The lowest BCUT2D eigenvalue weighted by Crippen LogP contribution is -2.26. The largest absolute Gasteiger partial charge is 0.330 e. The van der Waals surface area contributed by atoms with Gasteiger partial charge in [-0.2, -0.15) is 5.10 Å². The van der Waals surface area contributed by atoms with E-state index in [-0.39, 0.29) is 17.5 Å². The smallest absolute Gasteiger partial charge is 0.150 e. The van der Waals surface area contributed by atoms with Gasteiger partial charge in [-0.15, -0.1) is 0 Å². The fourth-order valence-corrected chi connectivity index (χ4v) is 3.82. The van der Waals surface area contributed by atoms with Crippen molar-refractivity contribution >= 4 is 9.84 Å². The van der Waals surface area contributed by atoms with Crippen molar-refractivity contribution < 1.29 is 8.42 Å². The molecule has 1 aromatic heterocycles. The molecule has 2 N–H and O–H groups in total. The normalized spacial score (nSPS) is 20.6. The van der Waals surface area contributed by atoms with Crippen molar-refractivity contribution in [1.29, 1.82) is 0 Å². The maximum Gasteiger partial charge on any atom is 0.150 e. The molecule has 1 aliphatic heterocycles. The predicted molar refractivity (Wildman–Crippen MR) is 66.6 cm³/mol. The summed E-state index contributed by atoms with van der Waals surface area (Å²) in [6.07, 6.45) is 4.03. The number of hydrogen-bond donors (Lipinski definition) is 1. The Bertz CT molecular complexity index is 479. The summed E-state index contributed by atoms with van der Waals surface area (Å²) in [5, 5.41) is 4.37. The third kappa shape index (κ3) is 2.69. The molecule has 1 saturated heterocycles. The van der Waals surface area contributed by atoms with Crippen molar-refractivity contribution in [2.24, 2.45) is 5.73 Å². The Morgan fingerprint density at radius 3 is 2.71 bits per heavy atom. The van der Waals surface area contributed by atoms with E-state index in [9.17, 15) is 8.42 Å². The summed E-state index contributed by atoms with van der Waals surface area (Å²) >= 11 is 0. The van der Waals surface area contributed by atoms with Crippen molar-refractivity contribution in [3.8, 4) is 0 Å². The SMILES string of the molecule is Cc1c(CCN)cnn1C1CCS(=O)(=O)CC1. The maximum absolute atomic E-state index is 11.4. The van der Waals surface area contributed by atoms with Crippen molar-refractivity contribution in [1.82, 2.24) is 9.78 Å². The van der Waals surface area contributed by atoms with Crippen LogP contribution in [-0.4, -0.2) is 36.2 Å². The molecule has 0 aromatic carbocycles. The minimum Gasteiger partial charge on any atom is -0.330 e. The van der Waals surface area contributed by atoms with Gasteiger partial charge in [0.2, 0.25) is 0 Å². The van der Waals surface area contributed by atoms with Gasteiger partial charge >= 0.3 is 0 Å². The molecule has 1 fully saturated rings. The van der Waals surface area contributed by atoms with Crippen LogP contribution in [0.1, 0.15) is 30.1 Å². The summed E-state index contributed by atoms with van der Waals surface area (Å²) in [5.74, 6) is 0.562. The molecule has 0 amide bonds. The summed E-state index contributed by atoms with van der Waals surface area (Å²) in [7, 11) is -2.80. The van der Waals surface area contributed by atoms with Crippen LogP contribution >= 0.6 is 0 Å². The van der Waals surface area contributed by atoms with Crippen LogP contribution in [0.2, 0.25) is 0 Å². The third-order valence-corrected chi connectivity index (χ3v) is 5.15. The van der Waals surface area contributed by atoms with E-state index < -0.39 is 9.84 Å². The number of hydrogen-bond acceptors (Lipinski definition) is 4. The van der Waals surface area contributed by atoms with E-state index >= 15 is 0 Å². The first-order valence-electron chi connectivity index (χ1n) is 5.97. The van der Waals surface area contributed by atoms with Crippen LogP contribution in [-0.2, 0) is 16.3 Å². The molecule has 0 unspecified atom stereocenters. The molecule has 1 aliphatic rings. The fourth-order valence-electron chi connectivity index (χ4n) is 2.35. The van der Waals surface area contributed by atoms with Gasteiger partial charge in [-0.25, -0.2) is 8.42 Å². The zero-order valence-corrected chi connectivity index (χ0v) is 10.9. The number of nitrogens with two attached hydrogens (primary N) is 1. The molecule has 0 bridgehead atoms. The predicted octanol–water partition coefficient (Wildman–Crippen LogP) is 0.442. The van der Waals surface area contributed by atoms with Gasteiger partial charge in [-0.1, -0.05) is 0 Å². The first-order valence-corrected chi connectivity index (χ1v) is 7.79. The minimum absolute atomic E-state index is 0.227. The van der Waals surface area contributed by atoms with Crippen LogP contribution in [0, 0.1) is 6.92 Å². The van der Waals surface area contributed by atoms with Gasteiger partial charge in [0.15, 0.2) is 0 Å². The first-order chi connectivity index (χ1) is 8.03. The van der Waals surface area contributed by atoms with Crippen molar-refractivity contribution in [3.05, 3.63) is 17.5 Å². The van der Waals surface area contributed by atoms with E-state index in [1.165, 1.54) is 5.56 Å². The van der Waals surface area contributed by atoms with Crippen LogP contribution < -0.4 is 5.73 Å². The molecule has 2 rings (SSSR count).